The van der Waals surface area contributed by atoms with Crippen LogP contribution < -0.4 is 10.5 Å². The van der Waals surface area contributed by atoms with Crippen LogP contribution in [-0.4, -0.2) is 19.3 Å². The van der Waals surface area contributed by atoms with E-state index in [1.165, 1.54) is 0 Å². The van der Waals surface area contributed by atoms with Crippen LogP contribution in [0.3, 0.4) is 0 Å². The van der Waals surface area contributed by atoms with Gasteiger partial charge in [-0.05, 0) is 38.5 Å². The highest BCUT2D eigenvalue weighted by atomic mass is 16.5. The second-order valence-corrected chi connectivity index (χ2v) is 4.13. The molecule has 0 aromatic heterocycles. The molecule has 2 N–H and O–H groups in total. The van der Waals surface area contributed by atoms with Gasteiger partial charge in [-0.3, -0.25) is 0 Å². The average molecular weight is 223 g/mol. The van der Waals surface area contributed by atoms with E-state index in [2.05, 4.69) is 0 Å². The summed E-state index contributed by atoms with van der Waals surface area (Å²) in [4.78, 5) is 0. The van der Waals surface area contributed by atoms with Gasteiger partial charge in [0.1, 0.15) is 12.4 Å². The van der Waals surface area contributed by atoms with Crippen molar-refractivity contribution in [2.24, 2.45) is 5.73 Å². The van der Waals surface area contributed by atoms with E-state index in [4.69, 9.17) is 15.2 Å². The Kier molecular flexibility index (Phi) is 5.29. The van der Waals surface area contributed by atoms with Gasteiger partial charge in [0.25, 0.3) is 0 Å². The van der Waals surface area contributed by atoms with Gasteiger partial charge < -0.3 is 15.2 Å². The first-order chi connectivity index (χ1) is 7.59. The lowest BCUT2D eigenvalue weighted by Gasteiger charge is -2.10. The van der Waals surface area contributed by atoms with Crippen LogP contribution in [-0.2, 0) is 4.74 Å². The predicted molar refractivity (Wildman–Crippen MR) is 65.6 cm³/mol. The highest BCUT2D eigenvalue weighted by molar-refractivity contribution is 5.28. The summed E-state index contributed by atoms with van der Waals surface area (Å²) in [5, 5.41) is 0. The van der Waals surface area contributed by atoms with Crippen LogP contribution in [0, 0.1) is 0 Å². The number of hydrogen-bond acceptors (Lipinski definition) is 3. The number of benzene rings is 1. The molecule has 0 saturated heterocycles. The van der Waals surface area contributed by atoms with Crippen molar-refractivity contribution in [2.45, 2.75) is 32.9 Å². The Hall–Kier alpha value is -1.06. The molecule has 0 spiro atoms. The van der Waals surface area contributed by atoms with Crippen molar-refractivity contribution in [1.82, 2.24) is 0 Å². The molecule has 0 aliphatic rings. The zero-order valence-corrected chi connectivity index (χ0v) is 10.3. The van der Waals surface area contributed by atoms with Gasteiger partial charge >= 0.3 is 0 Å². The third-order valence-electron chi connectivity index (χ3n) is 2.21. The van der Waals surface area contributed by atoms with E-state index in [9.17, 15) is 0 Å². The Morgan fingerprint density at radius 3 is 2.19 bits per heavy atom. The highest BCUT2D eigenvalue weighted by Gasteiger charge is 1.99. The standard InChI is InChI=1S/C13H21NO2/c1-10(2)15-8-9-16-13-6-4-12(5-7-13)11(3)14/h4-7,10-11H,8-9,14H2,1-3H3/t11-/m0/s1. The van der Waals surface area contributed by atoms with Crippen molar-refractivity contribution < 1.29 is 9.47 Å². The maximum Gasteiger partial charge on any atom is 0.119 e. The third kappa shape index (κ3) is 4.64. The molecule has 0 amide bonds. The number of rotatable bonds is 6. The van der Waals surface area contributed by atoms with Crippen molar-refractivity contribution in [3.63, 3.8) is 0 Å². The molecule has 0 aliphatic carbocycles. The molecule has 0 radical (unpaired) electrons. The molecule has 1 aromatic rings. The normalized spacial score (nSPS) is 12.8. The summed E-state index contributed by atoms with van der Waals surface area (Å²) in [6.45, 7) is 7.18. The molecule has 3 nitrogen and oxygen atoms in total. The van der Waals surface area contributed by atoms with Gasteiger partial charge in [0.2, 0.25) is 0 Å². The molecule has 0 bridgehead atoms. The quantitative estimate of drug-likeness (QED) is 0.754. The average Bonchev–Trinajstić information content (AvgIpc) is 2.25. The van der Waals surface area contributed by atoms with Crippen molar-refractivity contribution in [2.75, 3.05) is 13.2 Å². The highest BCUT2D eigenvalue weighted by Crippen LogP contribution is 2.15. The van der Waals surface area contributed by atoms with Crippen LogP contribution in [0.1, 0.15) is 32.4 Å². The van der Waals surface area contributed by atoms with E-state index in [0.717, 1.165) is 11.3 Å². The summed E-state index contributed by atoms with van der Waals surface area (Å²) in [6.07, 6.45) is 0.254. The third-order valence-corrected chi connectivity index (χ3v) is 2.21. The molecule has 0 fully saturated rings. The lowest BCUT2D eigenvalue weighted by Crippen LogP contribution is -2.11. The van der Waals surface area contributed by atoms with E-state index >= 15 is 0 Å². The van der Waals surface area contributed by atoms with Gasteiger partial charge in [-0.25, -0.2) is 0 Å². The second kappa shape index (κ2) is 6.51. The molecular formula is C13H21NO2. The molecule has 16 heavy (non-hydrogen) atoms. The number of ether oxygens (including phenoxy) is 2. The summed E-state index contributed by atoms with van der Waals surface area (Å²) >= 11 is 0. The molecular weight excluding hydrogens is 202 g/mol. The van der Waals surface area contributed by atoms with Crippen LogP contribution in [0.2, 0.25) is 0 Å². The van der Waals surface area contributed by atoms with Gasteiger partial charge in [0, 0.05) is 6.04 Å². The van der Waals surface area contributed by atoms with Gasteiger partial charge in [0.15, 0.2) is 0 Å². The van der Waals surface area contributed by atoms with Gasteiger partial charge in [-0.2, -0.15) is 0 Å². The zero-order valence-electron chi connectivity index (χ0n) is 10.3. The number of hydrogen-bond donors (Lipinski definition) is 1. The Morgan fingerprint density at radius 2 is 1.69 bits per heavy atom. The minimum absolute atomic E-state index is 0.0679. The molecule has 0 heterocycles. The van der Waals surface area contributed by atoms with Crippen LogP contribution >= 0.6 is 0 Å². The summed E-state index contributed by atoms with van der Waals surface area (Å²) in [7, 11) is 0. The van der Waals surface area contributed by atoms with Gasteiger partial charge in [-0.1, -0.05) is 12.1 Å². The minimum atomic E-state index is 0.0679. The summed E-state index contributed by atoms with van der Waals surface area (Å²) < 4.78 is 10.9. The van der Waals surface area contributed by atoms with E-state index in [1.54, 1.807) is 0 Å². The molecule has 1 rings (SSSR count). The first-order valence-electron chi connectivity index (χ1n) is 5.69. The zero-order chi connectivity index (χ0) is 12.0. The maximum atomic E-state index is 5.76. The molecule has 0 aliphatic heterocycles. The monoisotopic (exact) mass is 223 g/mol. The van der Waals surface area contributed by atoms with Gasteiger partial charge in [0.05, 0.1) is 12.7 Å². The van der Waals surface area contributed by atoms with Gasteiger partial charge in [-0.15, -0.1) is 0 Å². The molecule has 0 saturated carbocycles. The lowest BCUT2D eigenvalue weighted by atomic mass is 10.1. The predicted octanol–water partition coefficient (Wildman–Crippen LogP) is 2.51. The van der Waals surface area contributed by atoms with Crippen molar-refractivity contribution in [3.05, 3.63) is 29.8 Å². The Labute approximate surface area is 97.6 Å². The van der Waals surface area contributed by atoms with Crippen molar-refractivity contribution in [1.29, 1.82) is 0 Å². The van der Waals surface area contributed by atoms with E-state index < -0.39 is 0 Å². The Balaban J connectivity index is 2.32. The molecule has 3 heteroatoms. The molecule has 0 unspecified atom stereocenters. The molecule has 90 valence electrons. The Bertz CT molecular complexity index is 293. The maximum absolute atomic E-state index is 5.76. The lowest BCUT2D eigenvalue weighted by molar-refractivity contribution is 0.0552. The smallest absolute Gasteiger partial charge is 0.119 e. The van der Waals surface area contributed by atoms with Crippen LogP contribution in [0.5, 0.6) is 5.75 Å². The molecule has 1 aromatic carbocycles. The van der Waals surface area contributed by atoms with E-state index in [1.807, 2.05) is 45.0 Å². The minimum Gasteiger partial charge on any atom is -0.491 e. The van der Waals surface area contributed by atoms with Crippen LogP contribution in [0.25, 0.3) is 0 Å². The largest absolute Gasteiger partial charge is 0.491 e. The van der Waals surface area contributed by atoms with Crippen molar-refractivity contribution in [3.8, 4) is 5.75 Å². The Morgan fingerprint density at radius 1 is 1.06 bits per heavy atom. The van der Waals surface area contributed by atoms with E-state index in [0.29, 0.717) is 13.2 Å². The summed E-state index contributed by atoms with van der Waals surface area (Å²) in [5.74, 6) is 0.858. The van der Waals surface area contributed by atoms with Crippen LogP contribution in [0.15, 0.2) is 24.3 Å². The van der Waals surface area contributed by atoms with Crippen molar-refractivity contribution >= 4 is 0 Å². The summed E-state index contributed by atoms with van der Waals surface area (Å²) in [6, 6.07) is 7.92. The number of nitrogens with two attached hydrogens (primary N) is 1. The van der Waals surface area contributed by atoms with Crippen LogP contribution in [0.4, 0.5) is 0 Å². The topological polar surface area (TPSA) is 44.5 Å². The SMILES string of the molecule is CC(C)OCCOc1ccc([C@H](C)N)cc1. The molecule has 1 atom stereocenters. The second-order valence-electron chi connectivity index (χ2n) is 4.13. The van der Waals surface area contributed by atoms with E-state index in [-0.39, 0.29) is 12.1 Å². The fourth-order valence-electron chi connectivity index (χ4n) is 1.31. The first kappa shape index (κ1) is 13.0. The summed E-state index contributed by atoms with van der Waals surface area (Å²) in [5.41, 5.74) is 6.87. The fourth-order valence-corrected chi connectivity index (χ4v) is 1.31. The fraction of sp³-hybridized carbons (Fsp3) is 0.538. The first-order valence-corrected chi connectivity index (χ1v) is 5.69.